The number of benzene rings is 2. The number of unbranched alkanes of at least 4 members (excludes halogenated alkanes) is 2. The maximum atomic E-state index is 13.3. The number of aliphatic hydroxyl groups is 3. The van der Waals surface area contributed by atoms with Crippen LogP contribution in [0.3, 0.4) is 0 Å². The summed E-state index contributed by atoms with van der Waals surface area (Å²) >= 11 is 13.3. The summed E-state index contributed by atoms with van der Waals surface area (Å²) in [6.07, 6.45) is -0.505. The number of carbonyl (C=O) groups excluding carboxylic acids is 2. The molecule has 2 aromatic carbocycles. The molecular weight excluding hydrogens is 733 g/mol. The molecule has 0 saturated carbocycles. The molecule has 0 bridgehead atoms. The highest BCUT2D eigenvalue weighted by Crippen LogP contribution is 2.39. The van der Waals surface area contributed by atoms with Gasteiger partial charge in [-0.05, 0) is 63.3 Å². The van der Waals surface area contributed by atoms with Crippen LogP contribution in [-0.4, -0.2) is 103 Å². The number of aliphatic hydroxyl groups excluding tert-OH is 3. The lowest BCUT2D eigenvalue weighted by Crippen LogP contribution is -2.60. The normalized spacial score (nSPS) is 20.1. The number of aryl methyl sites for hydroxylation is 3. The summed E-state index contributed by atoms with van der Waals surface area (Å²) < 4.78 is 31.1. The molecule has 1 aliphatic heterocycles. The molecule has 0 amide bonds. The van der Waals surface area contributed by atoms with Crippen LogP contribution in [0.4, 0.5) is 0 Å². The van der Waals surface area contributed by atoms with Gasteiger partial charge in [-0.15, -0.1) is 5.10 Å². The first kappa shape index (κ1) is 40.4. The number of carbonyl (C=O) groups is 2. The van der Waals surface area contributed by atoms with Crippen LogP contribution in [0, 0.1) is 6.92 Å². The van der Waals surface area contributed by atoms with Gasteiger partial charge in [-0.1, -0.05) is 47.0 Å². The number of rotatable bonds is 18. The molecular formula is C36H45Cl2N5O10. The van der Waals surface area contributed by atoms with Crippen LogP contribution in [0.15, 0.2) is 36.5 Å². The molecule has 15 nitrogen and oxygen atoms in total. The number of hydrogen-bond acceptors (Lipinski definition) is 13. The van der Waals surface area contributed by atoms with Crippen LogP contribution in [0.5, 0.6) is 5.75 Å². The van der Waals surface area contributed by atoms with E-state index in [1.807, 2.05) is 35.1 Å². The molecule has 0 spiro atoms. The summed E-state index contributed by atoms with van der Waals surface area (Å²) in [7, 11) is 1.28. The Morgan fingerprint density at radius 3 is 2.60 bits per heavy atom. The third kappa shape index (κ3) is 9.84. The summed E-state index contributed by atoms with van der Waals surface area (Å²) in [5, 5.41) is 39.1. The van der Waals surface area contributed by atoms with Gasteiger partial charge in [0.25, 0.3) is 0 Å². The van der Waals surface area contributed by atoms with Crippen LogP contribution in [-0.2, 0) is 49.9 Å². The van der Waals surface area contributed by atoms with Crippen molar-refractivity contribution in [3.63, 3.8) is 0 Å². The summed E-state index contributed by atoms with van der Waals surface area (Å²) in [6, 6.07) is 9.11. The Balaban J connectivity index is 1.21. The van der Waals surface area contributed by atoms with Crippen molar-refractivity contribution in [2.45, 2.75) is 103 Å². The van der Waals surface area contributed by atoms with E-state index in [4.69, 9.17) is 51.9 Å². The number of ether oxygens (including phenoxy) is 5. The number of imidazole rings is 1. The molecule has 0 aliphatic carbocycles. The maximum absolute atomic E-state index is 13.3. The van der Waals surface area contributed by atoms with Crippen molar-refractivity contribution in [1.82, 2.24) is 24.5 Å². The fraction of sp³-hybridized carbons (Fsp3) is 0.528. The summed E-state index contributed by atoms with van der Waals surface area (Å²) in [6.45, 7) is 4.59. The third-order valence-corrected chi connectivity index (χ3v) is 9.73. The minimum atomic E-state index is -1.59. The highest BCUT2D eigenvalue weighted by Gasteiger charge is 2.47. The number of fused-ring (bicyclic) bond motifs is 1. The van der Waals surface area contributed by atoms with Gasteiger partial charge in [-0.2, -0.15) is 0 Å². The first-order valence-electron chi connectivity index (χ1n) is 17.5. The zero-order valence-corrected chi connectivity index (χ0v) is 31.3. The first-order chi connectivity index (χ1) is 25.6. The molecule has 2 aromatic heterocycles. The van der Waals surface area contributed by atoms with Crippen molar-refractivity contribution < 1.29 is 48.6 Å². The average Bonchev–Trinajstić information content (AvgIpc) is 3.75. The van der Waals surface area contributed by atoms with Crippen molar-refractivity contribution in [2.24, 2.45) is 0 Å². The van der Waals surface area contributed by atoms with Crippen LogP contribution >= 0.6 is 23.2 Å². The Hall–Kier alpha value is -3.83. The van der Waals surface area contributed by atoms with Gasteiger partial charge in [-0.25, -0.2) is 9.78 Å². The minimum Gasteiger partial charge on any atom is -0.483 e. The van der Waals surface area contributed by atoms with E-state index in [1.54, 1.807) is 13.8 Å². The molecule has 5 rings (SSSR count). The van der Waals surface area contributed by atoms with E-state index in [9.17, 15) is 24.9 Å². The number of esters is 2. The second-order valence-corrected chi connectivity index (χ2v) is 13.4. The maximum Gasteiger partial charge on any atom is 0.339 e. The van der Waals surface area contributed by atoms with Gasteiger partial charge in [0.2, 0.25) is 0 Å². The van der Waals surface area contributed by atoms with Crippen molar-refractivity contribution in [1.29, 1.82) is 0 Å². The van der Waals surface area contributed by atoms with E-state index in [-0.39, 0.29) is 33.9 Å². The SMILES string of the molecule is CCOC(=O)CCCCCn1cc(CCCn2c(COc3c(Cl)cc(C(=O)O[C@H]4[C@@H](OC)O[C@H](CO)[C@@H](O)[C@@H]4O)c(C)c3Cl)nc3ccccc32)nn1. The molecule has 1 fully saturated rings. The monoisotopic (exact) mass is 777 g/mol. The minimum absolute atomic E-state index is 0.00587. The fourth-order valence-electron chi connectivity index (χ4n) is 6.15. The summed E-state index contributed by atoms with van der Waals surface area (Å²) in [5.74, 6) is -0.266. The number of para-hydroxylation sites is 2. The predicted octanol–water partition coefficient (Wildman–Crippen LogP) is 4.19. The topological polar surface area (TPSA) is 190 Å². The predicted molar refractivity (Wildman–Crippen MR) is 193 cm³/mol. The molecule has 4 aromatic rings. The van der Waals surface area contributed by atoms with Crippen molar-refractivity contribution in [3.05, 3.63) is 69.2 Å². The Bertz CT molecular complexity index is 1850. The fourth-order valence-corrected chi connectivity index (χ4v) is 6.72. The van der Waals surface area contributed by atoms with E-state index in [0.717, 1.165) is 49.0 Å². The molecule has 17 heteroatoms. The molecule has 53 heavy (non-hydrogen) atoms. The zero-order chi connectivity index (χ0) is 38.1. The van der Waals surface area contributed by atoms with Crippen LogP contribution in [0.25, 0.3) is 11.0 Å². The lowest BCUT2D eigenvalue weighted by molar-refractivity contribution is -0.293. The Kier molecular flexibility index (Phi) is 14.4. The van der Waals surface area contributed by atoms with Crippen molar-refractivity contribution >= 4 is 46.2 Å². The van der Waals surface area contributed by atoms with Gasteiger partial charge >= 0.3 is 11.9 Å². The highest BCUT2D eigenvalue weighted by molar-refractivity contribution is 6.38. The van der Waals surface area contributed by atoms with Crippen LogP contribution in [0.2, 0.25) is 10.0 Å². The summed E-state index contributed by atoms with van der Waals surface area (Å²) in [4.78, 5) is 29.6. The van der Waals surface area contributed by atoms with Gasteiger partial charge in [-0.3, -0.25) is 9.48 Å². The second-order valence-electron chi connectivity index (χ2n) is 12.6. The van der Waals surface area contributed by atoms with Crippen LogP contribution in [0.1, 0.15) is 66.5 Å². The molecule has 288 valence electrons. The quantitative estimate of drug-likeness (QED) is 0.0965. The third-order valence-electron chi connectivity index (χ3n) is 8.99. The molecule has 0 radical (unpaired) electrons. The van der Waals surface area contributed by atoms with E-state index < -0.39 is 43.3 Å². The van der Waals surface area contributed by atoms with Gasteiger partial charge in [0, 0.05) is 32.8 Å². The molecule has 1 saturated heterocycles. The zero-order valence-electron chi connectivity index (χ0n) is 29.8. The number of halogens is 2. The Morgan fingerprint density at radius 2 is 1.85 bits per heavy atom. The smallest absolute Gasteiger partial charge is 0.339 e. The second kappa shape index (κ2) is 19.0. The number of nitrogens with zero attached hydrogens (tertiary/aromatic N) is 5. The molecule has 5 atom stereocenters. The summed E-state index contributed by atoms with van der Waals surface area (Å²) in [5.41, 5.74) is 2.92. The van der Waals surface area contributed by atoms with Gasteiger partial charge in [0.1, 0.15) is 30.7 Å². The Morgan fingerprint density at radius 1 is 1.06 bits per heavy atom. The lowest BCUT2D eigenvalue weighted by atomic mass is 9.99. The van der Waals surface area contributed by atoms with E-state index in [2.05, 4.69) is 14.9 Å². The van der Waals surface area contributed by atoms with Crippen molar-refractivity contribution in [3.8, 4) is 5.75 Å². The van der Waals surface area contributed by atoms with E-state index in [0.29, 0.717) is 37.4 Å². The van der Waals surface area contributed by atoms with Gasteiger partial charge in [0.05, 0.1) is 45.5 Å². The van der Waals surface area contributed by atoms with Crippen molar-refractivity contribution in [2.75, 3.05) is 20.3 Å². The number of methoxy groups -OCH3 is 1. The lowest BCUT2D eigenvalue weighted by Gasteiger charge is -2.40. The molecule has 3 heterocycles. The largest absolute Gasteiger partial charge is 0.483 e. The first-order valence-corrected chi connectivity index (χ1v) is 18.3. The molecule has 0 unspecified atom stereocenters. The van der Waals surface area contributed by atoms with E-state index in [1.165, 1.54) is 13.2 Å². The highest BCUT2D eigenvalue weighted by atomic mass is 35.5. The molecule has 3 N–H and O–H groups in total. The van der Waals surface area contributed by atoms with Crippen LogP contribution < -0.4 is 4.74 Å². The number of hydrogen-bond donors (Lipinski definition) is 3. The van der Waals surface area contributed by atoms with Gasteiger partial charge < -0.3 is 43.6 Å². The number of aromatic nitrogens is 5. The van der Waals surface area contributed by atoms with E-state index >= 15 is 0 Å². The average molecular weight is 779 g/mol. The standard InChI is InChI=1S/C36H45Cl2N5O10/c1-4-50-29(45)14-6-5-9-15-42-18-22(40-41-42)11-10-16-43-26-13-8-7-12-25(26)39-28(43)20-51-33-24(37)17-23(21(2)30(33)38)35(48)53-34-32(47)31(46)27(19-44)52-36(34)49-3/h7-8,12-13,17-18,27,31-32,34,36,44,46-47H,4-6,9-11,14-16,19-20H2,1-3H3/t27-,31-,32+,34-,36+/m1/s1. The van der Waals surface area contributed by atoms with Gasteiger partial charge in [0.15, 0.2) is 18.1 Å². The Labute approximate surface area is 316 Å². The molecule has 1 aliphatic rings.